The summed E-state index contributed by atoms with van der Waals surface area (Å²) in [7, 11) is -3.09. The normalized spacial score (nSPS) is 24.3. The Balaban J connectivity index is 1.37. The maximum absolute atomic E-state index is 15.0. The molecule has 0 bridgehead atoms. The molecule has 1 saturated heterocycles. The van der Waals surface area contributed by atoms with Crippen molar-refractivity contribution in [3.05, 3.63) is 109 Å². The lowest BCUT2D eigenvalue weighted by molar-refractivity contribution is -0.150. The first-order valence-corrected chi connectivity index (χ1v) is 16.9. The highest BCUT2D eigenvalue weighted by molar-refractivity contribution is 7.76. The first-order chi connectivity index (χ1) is 19.8. The number of hydrogen-bond acceptors (Lipinski definition) is 3. The minimum atomic E-state index is -3.09. The van der Waals surface area contributed by atoms with Gasteiger partial charge in [-0.05, 0) is 66.8 Å². The van der Waals surface area contributed by atoms with Crippen molar-refractivity contribution < 1.29 is 14.1 Å². The van der Waals surface area contributed by atoms with Gasteiger partial charge in [0.2, 0.25) is 7.29 Å². The molecule has 0 amide bonds. The predicted octanol–water partition coefficient (Wildman–Crippen LogP) is 7.65. The van der Waals surface area contributed by atoms with Crippen molar-refractivity contribution in [3.8, 4) is 0 Å². The Morgan fingerprint density at radius 1 is 0.854 bits per heavy atom. The summed E-state index contributed by atoms with van der Waals surface area (Å²) in [5.41, 5.74) is 1.18. The van der Waals surface area contributed by atoms with Crippen molar-refractivity contribution in [2.24, 2.45) is 11.8 Å². The highest BCUT2D eigenvalue weighted by Gasteiger charge is 2.42. The summed E-state index contributed by atoms with van der Waals surface area (Å²) in [6, 6.07) is 30.1. The van der Waals surface area contributed by atoms with E-state index in [4.69, 9.17) is 4.74 Å². The van der Waals surface area contributed by atoms with Gasteiger partial charge >= 0.3 is 5.97 Å². The summed E-state index contributed by atoms with van der Waals surface area (Å²) >= 11 is 0. The number of carbonyl (C=O) groups excluding carboxylic acids is 1. The van der Waals surface area contributed by atoms with Crippen LogP contribution in [-0.4, -0.2) is 29.3 Å². The van der Waals surface area contributed by atoms with Gasteiger partial charge < -0.3 is 4.74 Å². The Kier molecular flexibility index (Phi) is 9.32. The van der Waals surface area contributed by atoms with Gasteiger partial charge in [-0.15, -0.1) is 0 Å². The van der Waals surface area contributed by atoms with Gasteiger partial charge in [-0.3, -0.25) is 4.57 Å². The van der Waals surface area contributed by atoms with E-state index in [0.717, 1.165) is 55.7 Å². The second-order valence-corrected chi connectivity index (χ2v) is 15.1. The molecule has 41 heavy (non-hydrogen) atoms. The summed E-state index contributed by atoms with van der Waals surface area (Å²) in [5, 5.41) is 1.66. The molecule has 5 rings (SSSR count). The van der Waals surface area contributed by atoms with Crippen LogP contribution in [0.15, 0.2) is 103 Å². The molecule has 3 aromatic carbocycles. The number of rotatable bonds is 8. The van der Waals surface area contributed by atoms with E-state index in [1.165, 1.54) is 5.56 Å². The van der Waals surface area contributed by atoms with E-state index in [9.17, 15) is 4.79 Å². The number of carbonyl (C=O) groups is 1. The van der Waals surface area contributed by atoms with E-state index < -0.39 is 7.29 Å². The van der Waals surface area contributed by atoms with Crippen molar-refractivity contribution in [1.82, 2.24) is 4.67 Å². The van der Waals surface area contributed by atoms with E-state index in [2.05, 4.69) is 49.7 Å². The van der Waals surface area contributed by atoms with Crippen molar-refractivity contribution in [2.45, 2.75) is 76.9 Å². The average Bonchev–Trinajstić information content (AvgIpc) is 3.01. The summed E-state index contributed by atoms with van der Waals surface area (Å²) in [4.78, 5) is 13.4. The molecule has 3 aromatic rings. The van der Waals surface area contributed by atoms with E-state index >= 15 is 4.57 Å². The van der Waals surface area contributed by atoms with Gasteiger partial charge in [0.25, 0.3) is 0 Å². The van der Waals surface area contributed by atoms with Crippen LogP contribution in [0.5, 0.6) is 0 Å². The van der Waals surface area contributed by atoms with E-state index in [1.807, 2.05) is 72.8 Å². The molecule has 1 aliphatic carbocycles. The van der Waals surface area contributed by atoms with Crippen molar-refractivity contribution in [3.63, 3.8) is 0 Å². The molecule has 1 aliphatic heterocycles. The molecular formula is C36H44NO3P. The first-order valence-electron chi connectivity index (χ1n) is 15.2. The van der Waals surface area contributed by atoms with Crippen molar-refractivity contribution >= 4 is 23.9 Å². The van der Waals surface area contributed by atoms with E-state index in [0.29, 0.717) is 5.92 Å². The zero-order valence-electron chi connectivity index (χ0n) is 24.7. The number of ether oxygens (including phenoxy) is 1. The lowest BCUT2D eigenvalue weighted by atomic mass is 9.64. The van der Waals surface area contributed by atoms with Crippen LogP contribution in [0, 0.1) is 11.8 Å². The molecule has 0 unspecified atom stereocenters. The molecule has 0 radical (unpaired) electrons. The Bertz CT molecular complexity index is 1310. The van der Waals surface area contributed by atoms with Crippen molar-refractivity contribution in [1.29, 1.82) is 0 Å². The third kappa shape index (κ3) is 6.45. The minimum absolute atomic E-state index is 0.103. The SMILES string of the molecule is C[C@@H]1CC[C@@H](C(C)(C)c2ccccc2)[C@H](OC(=O)/C=C/[C@H]2CCCCN2P(=O)(c2ccccc2)c2ccccc2)C1. The first kappa shape index (κ1) is 29.5. The van der Waals surface area contributed by atoms with E-state index in [1.54, 1.807) is 6.08 Å². The van der Waals surface area contributed by atoms with Crippen LogP contribution in [0.4, 0.5) is 0 Å². The lowest BCUT2D eigenvalue weighted by Gasteiger charge is -2.44. The second-order valence-electron chi connectivity index (χ2n) is 12.4. The van der Waals surface area contributed by atoms with Crippen molar-refractivity contribution in [2.75, 3.05) is 6.54 Å². The van der Waals surface area contributed by atoms with Crippen LogP contribution in [0.1, 0.15) is 64.9 Å². The number of esters is 1. The molecule has 0 N–H and O–H groups in total. The molecule has 2 aliphatic rings. The van der Waals surface area contributed by atoms with Crippen LogP contribution in [-0.2, 0) is 19.5 Å². The lowest BCUT2D eigenvalue weighted by Crippen LogP contribution is -2.43. The molecule has 5 heteroatoms. The Morgan fingerprint density at radius 3 is 2.05 bits per heavy atom. The van der Waals surface area contributed by atoms with Crippen LogP contribution in [0.2, 0.25) is 0 Å². The van der Waals surface area contributed by atoms with Gasteiger partial charge in [-0.25, -0.2) is 9.46 Å². The molecule has 0 spiro atoms. The smallest absolute Gasteiger partial charge is 0.330 e. The fourth-order valence-electron chi connectivity index (χ4n) is 6.94. The van der Waals surface area contributed by atoms with Crippen LogP contribution in [0.25, 0.3) is 0 Å². The van der Waals surface area contributed by atoms with Crippen LogP contribution in [0.3, 0.4) is 0 Å². The minimum Gasteiger partial charge on any atom is -0.459 e. The largest absolute Gasteiger partial charge is 0.459 e. The van der Waals surface area contributed by atoms with Gasteiger partial charge in [0.15, 0.2) is 0 Å². The number of piperidine rings is 1. The quantitative estimate of drug-likeness (QED) is 0.159. The van der Waals surface area contributed by atoms with Crippen LogP contribution < -0.4 is 10.6 Å². The van der Waals surface area contributed by atoms with Crippen LogP contribution >= 0.6 is 7.29 Å². The summed E-state index contributed by atoms with van der Waals surface area (Å²) in [5.74, 6) is 0.481. The third-order valence-electron chi connectivity index (χ3n) is 9.31. The topological polar surface area (TPSA) is 46.6 Å². The highest BCUT2D eigenvalue weighted by Crippen LogP contribution is 2.51. The molecular weight excluding hydrogens is 525 g/mol. The second kappa shape index (κ2) is 12.9. The molecule has 1 saturated carbocycles. The third-order valence-corrected chi connectivity index (χ3v) is 12.5. The van der Waals surface area contributed by atoms with Gasteiger partial charge in [-0.1, -0.05) is 106 Å². The summed E-state index contributed by atoms with van der Waals surface area (Å²) in [6.45, 7) is 7.54. The van der Waals surface area contributed by atoms with Gasteiger partial charge in [0.05, 0.1) is 0 Å². The number of nitrogens with zero attached hydrogens (tertiary/aromatic N) is 1. The molecule has 2 fully saturated rings. The number of hydrogen-bond donors (Lipinski definition) is 0. The maximum Gasteiger partial charge on any atom is 0.330 e. The summed E-state index contributed by atoms with van der Waals surface area (Å²) < 4.78 is 23.4. The highest BCUT2D eigenvalue weighted by atomic mass is 31.2. The zero-order valence-corrected chi connectivity index (χ0v) is 25.6. The number of benzene rings is 3. The Labute approximate surface area is 246 Å². The molecule has 0 aromatic heterocycles. The summed E-state index contributed by atoms with van der Waals surface area (Å²) in [6.07, 6.45) is 9.37. The maximum atomic E-state index is 15.0. The van der Waals surface area contributed by atoms with Gasteiger partial charge in [0.1, 0.15) is 6.10 Å². The standard InChI is InChI=1S/C36H44NO3P/c1-28-22-24-33(36(2,3)29-15-7-4-8-16-29)34(27-28)40-35(38)25-23-30-17-13-14-26-37(30)41(39,31-18-9-5-10-19-31)32-20-11-6-12-21-32/h4-12,15-16,18-21,23,25,28,30,33-34H,13-14,17,22,24,26-27H2,1-3H3/b25-23+/t28-,30-,33-,34-/m1/s1. The molecule has 216 valence electrons. The zero-order chi connectivity index (χ0) is 28.9. The fraction of sp³-hybridized carbons (Fsp3) is 0.417. The Hall–Kier alpha value is -2.94. The molecule has 4 nitrogen and oxygen atoms in total. The van der Waals surface area contributed by atoms with Gasteiger partial charge in [0, 0.05) is 35.2 Å². The monoisotopic (exact) mass is 569 g/mol. The molecule has 1 heterocycles. The molecule has 4 atom stereocenters. The predicted molar refractivity (Wildman–Crippen MR) is 169 cm³/mol. The Morgan fingerprint density at radius 2 is 1.44 bits per heavy atom. The fourth-order valence-corrected chi connectivity index (χ4v) is 10.0. The average molecular weight is 570 g/mol. The van der Waals surface area contributed by atoms with E-state index in [-0.39, 0.29) is 29.4 Å². The van der Waals surface area contributed by atoms with Gasteiger partial charge in [-0.2, -0.15) is 0 Å².